The molecule has 2 aliphatic rings. The molecular formula is C28H34N4O2S. The minimum absolute atomic E-state index is 0.101. The molecular weight excluding hydrogens is 456 g/mol. The fourth-order valence-electron chi connectivity index (χ4n) is 5.41. The third-order valence-corrected chi connectivity index (χ3v) is 8.35. The monoisotopic (exact) mass is 490 g/mol. The first kappa shape index (κ1) is 23.8. The molecule has 1 atom stereocenters. The van der Waals surface area contributed by atoms with E-state index in [-0.39, 0.29) is 17.9 Å². The van der Waals surface area contributed by atoms with E-state index in [0.717, 1.165) is 53.1 Å². The summed E-state index contributed by atoms with van der Waals surface area (Å²) in [6.07, 6.45) is 7.98. The molecule has 2 aromatic heterocycles. The SMILES string of the molecule is Cc1ccc(C)c(N2C(=O)c3cc(-c4cccs4)nn3CC2(C)C(=O)NC2CCCCCCC2)c1. The Morgan fingerprint density at radius 3 is 2.54 bits per heavy atom. The molecule has 3 aromatic rings. The zero-order valence-electron chi connectivity index (χ0n) is 20.8. The second-order valence-electron chi connectivity index (χ2n) is 10.3. The van der Waals surface area contributed by atoms with Gasteiger partial charge in [-0.05, 0) is 68.3 Å². The van der Waals surface area contributed by atoms with Crippen molar-refractivity contribution in [3.05, 3.63) is 58.6 Å². The van der Waals surface area contributed by atoms with Crippen LogP contribution in [0.25, 0.3) is 10.6 Å². The van der Waals surface area contributed by atoms with Gasteiger partial charge in [-0.2, -0.15) is 5.10 Å². The Morgan fingerprint density at radius 1 is 1.09 bits per heavy atom. The quantitative estimate of drug-likeness (QED) is 0.497. The Morgan fingerprint density at radius 2 is 1.83 bits per heavy atom. The van der Waals surface area contributed by atoms with E-state index in [9.17, 15) is 9.59 Å². The highest BCUT2D eigenvalue weighted by Crippen LogP contribution is 2.37. The molecule has 1 saturated carbocycles. The van der Waals surface area contributed by atoms with Crippen molar-refractivity contribution in [2.24, 2.45) is 0 Å². The third-order valence-electron chi connectivity index (χ3n) is 7.46. The van der Waals surface area contributed by atoms with E-state index < -0.39 is 5.54 Å². The molecule has 0 saturated heterocycles. The number of amides is 2. The largest absolute Gasteiger partial charge is 0.351 e. The maximum absolute atomic E-state index is 14.1. The molecule has 5 rings (SSSR count). The number of benzene rings is 1. The molecule has 1 aliphatic carbocycles. The van der Waals surface area contributed by atoms with Crippen LogP contribution in [0.4, 0.5) is 5.69 Å². The lowest BCUT2D eigenvalue weighted by atomic mass is 9.91. The number of fused-ring (bicyclic) bond motifs is 1. The number of thiophene rings is 1. The Hall–Kier alpha value is -2.93. The molecule has 1 fully saturated rings. The van der Waals surface area contributed by atoms with Crippen molar-refractivity contribution in [2.75, 3.05) is 4.90 Å². The number of carbonyl (C=O) groups is 2. The second kappa shape index (κ2) is 9.61. The summed E-state index contributed by atoms with van der Waals surface area (Å²) in [6, 6.07) is 12.1. The first-order valence-corrected chi connectivity index (χ1v) is 13.6. The molecule has 6 nitrogen and oxygen atoms in total. The van der Waals surface area contributed by atoms with Crippen LogP contribution < -0.4 is 10.2 Å². The van der Waals surface area contributed by atoms with E-state index in [1.807, 2.05) is 62.5 Å². The highest BCUT2D eigenvalue weighted by atomic mass is 32.1. The molecule has 35 heavy (non-hydrogen) atoms. The molecule has 0 radical (unpaired) electrons. The van der Waals surface area contributed by atoms with Gasteiger partial charge in [0.05, 0.1) is 11.4 Å². The molecule has 3 heterocycles. The van der Waals surface area contributed by atoms with Crippen molar-refractivity contribution in [3.8, 4) is 10.6 Å². The van der Waals surface area contributed by atoms with Crippen LogP contribution in [0.5, 0.6) is 0 Å². The van der Waals surface area contributed by atoms with Gasteiger partial charge in [0.2, 0.25) is 5.91 Å². The summed E-state index contributed by atoms with van der Waals surface area (Å²) in [5.74, 6) is -0.285. The van der Waals surface area contributed by atoms with Gasteiger partial charge in [0.25, 0.3) is 5.91 Å². The summed E-state index contributed by atoms with van der Waals surface area (Å²) < 4.78 is 1.73. The number of nitrogens with zero attached hydrogens (tertiary/aromatic N) is 3. The number of hydrogen-bond donors (Lipinski definition) is 1. The van der Waals surface area contributed by atoms with E-state index >= 15 is 0 Å². The fraction of sp³-hybridized carbons (Fsp3) is 0.464. The Bertz CT molecular complexity index is 1220. The van der Waals surface area contributed by atoms with Crippen LogP contribution in [-0.4, -0.2) is 33.2 Å². The number of anilines is 1. The van der Waals surface area contributed by atoms with Crippen molar-refractivity contribution in [3.63, 3.8) is 0 Å². The summed E-state index contributed by atoms with van der Waals surface area (Å²) in [7, 11) is 0. The minimum atomic E-state index is -1.09. The normalized spacial score (nSPS) is 21.3. The maximum Gasteiger partial charge on any atom is 0.277 e. The zero-order chi connectivity index (χ0) is 24.6. The van der Waals surface area contributed by atoms with Gasteiger partial charge in [-0.1, -0.05) is 50.3 Å². The lowest BCUT2D eigenvalue weighted by Gasteiger charge is -2.44. The first-order valence-electron chi connectivity index (χ1n) is 12.7. The highest BCUT2D eigenvalue weighted by molar-refractivity contribution is 7.13. The number of hydrogen-bond acceptors (Lipinski definition) is 4. The molecule has 0 spiro atoms. The Kier molecular flexibility index (Phi) is 6.53. The van der Waals surface area contributed by atoms with Crippen LogP contribution in [0, 0.1) is 13.8 Å². The number of carbonyl (C=O) groups excluding carboxylic acids is 2. The number of nitrogens with one attached hydrogen (secondary N) is 1. The van der Waals surface area contributed by atoms with Crippen molar-refractivity contribution in [2.45, 2.75) is 83.8 Å². The van der Waals surface area contributed by atoms with Gasteiger partial charge in [-0.25, -0.2) is 0 Å². The van der Waals surface area contributed by atoms with Gasteiger partial charge < -0.3 is 5.32 Å². The van der Waals surface area contributed by atoms with E-state index in [1.54, 1.807) is 20.9 Å². The summed E-state index contributed by atoms with van der Waals surface area (Å²) >= 11 is 1.60. The minimum Gasteiger partial charge on any atom is -0.351 e. The molecule has 1 N–H and O–H groups in total. The molecule has 184 valence electrons. The lowest BCUT2D eigenvalue weighted by Crippen LogP contribution is -2.65. The van der Waals surface area contributed by atoms with Crippen LogP contribution in [-0.2, 0) is 11.3 Å². The zero-order valence-corrected chi connectivity index (χ0v) is 21.7. The summed E-state index contributed by atoms with van der Waals surface area (Å²) in [5.41, 5.74) is 3.01. The highest BCUT2D eigenvalue weighted by Gasteiger charge is 2.49. The molecule has 1 aliphatic heterocycles. The van der Waals surface area contributed by atoms with E-state index in [1.165, 1.54) is 19.3 Å². The summed E-state index contributed by atoms with van der Waals surface area (Å²) in [4.78, 5) is 30.8. The third kappa shape index (κ3) is 4.54. The topological polar surface area (TPSA) is 67.2 Å². The predicted molar refractivity (Wildman–Crippen MR) is 141 cm³/mol. The van der Waals surface area contributed by atoms with Crippen LogP contribution in [0.2, 0.25) is 0 Å². The average Bonchev–Trinajstić information content (AvgIpc) is 3.48. The van der Waals surface area contributed by atoms with Gasteiger partial charge >= 0.3 is 0 Å². The number of aromatic nitrogens is 2. The fourth-order valence-corrected chi connectivity index (χ4v) is 6.09. The van der Waals surface area contributed by atoms with Crippen LogP contribution >= 0.6 is 11.3 Å². The predicted octanol–water partition coefficient (Wildman–Crippen LogP) is 5.88. The second-order valence-corrected chi connectivity index (χ2v) is 11.2. The summed E-state index contributed by atoms with van der Waals surface area (Å²) in [5, 5.41) is 10.1. The number of aryl methyl sites for hydroxylation is 2. The maximum atomic E-state index is 14.1. The Balaban J connectivity index is 1.55. The van der Waals surface area contributed by atoms with Gasteiger partial charge in [0, 0.05) is 11.7 Å². The van der Waals surface area contributed by atoms with Crippen molar-refractivity contribution < 1.29 is 9.59 Å². The van der Waals surface area contributed by atoms with Crippen molar-refractivity contribution in [1.29, 1.82) is 0 Å². The molecule has 1 aromatic carbocycles. The van der Waals surface area contributed by atoms with Gasteiger partial charge in [0.15, 0.2) is 0 Å². The molecule has 0 bridgehead atoms. The van der Waals surface area contributed by atoms with Crippen molar-refractivity contribution in [1.82, 2.24) is 15.1 Å². The number of rotatable bonds is 4. The van der Waals surface area contributed by atoms with Crippen LogP contribution in [0.15, 0.2) is 41.8 Å². The van der Waals surface area contributed by atoms with E-state index in [0.29, 0.717) is 12.2 Å². The molecule has 7 heteroatoms. The standard InChI is InChI=1S/C28H34N4O2S/c1-19-13-14-20(2)23(16-19)32-26(33)24-17-22(25-12-9-15-35-25)30-31(24)18-28(32,3)27(34)29-21-10-7-5-4-6-8-11-21/h9,12-17,21H,4-8,10-11,18H2,1-3H3,(H,29,34). The molecule has 1 unspecified atom stereocenters. The average molecular weight is 491 g/mol. The lowest BCUT2D eigenvalue weighted by molar-refractivity contribution is -0.127. The first-order chi connectivity index (χ1) is 16.9. The van der Waals surface area contributed by atoms with E-state index in [4.69, 9.17) is 5.10 Å². The van der Waals surface area contributed by atoms with Crippen LogP contribution in [0.3, 0.4) is 0 Å². The Labute approximate surface area is 211 Å². The van der Waals surface area contributed by atoms with Gasteiger partial charge in [-0.3, -0.25) is 19.2 Å². The summed E-state index contributed by atoms with van der Waals surface area (Å²) in [6.45, 7) is 6.21. The van der Waals surface area contributed by atoms with Crippen molar-refractivity contribution >= 4 is 28.8 Å². The van der Waals surface area contributed by atoms with Crippen LogP contribution in [0.1, 0.15) is 73.5 Å². The molecule has 2 amide bonds. The van der Waals surface area contributed by atoms with Gasteiger partial charge in [-0.15, -0.1) is 11.3 Å². The smallest absolute Gasteiger partial charge is 0.277 e. The van der Waals surface area contributed by atoms with E-state index in [2.05, 4.69) is 5.32 Å². The van der Waals surface area contributed by atoms with Gasteiger partial charge in [0.1, 0.15) is 16.9 Å².